The monoisotopic (exact) mass is 392 g/mol. The molecule has 0 radical (unpaired) electrons. The zero-order valence-electron chi connectivity index (χ0n) is 14.7. The first-order chi connectivity index (χ1) is 11.8. The molecule has 0 aromatic heterocycles. The van der Waals surface area contributed by atoms with Crippen LogP contribution in [0.4, 0.5) is 0 Å². The summed E-state index contributed by atoms with van der Waals surface area (Å²) in [5.41, 5.74) is 0. The Balaban J connectivity index is 2.73. The molecule has 1 aromatic carbocycles. The molecule has 0 aliphatic carbocycles. The lowest BCUT2D eigenvalue weighted by Crippen LogP contribution is -2.45. The maximum Gasteiger partial charge on any atom is 0.245 e. The van der Waals surface area contributed by atoms with E-state index in [9.17, 15) is 13.2 Å². The van der Waals surface area contributed by atoms with Crippen LogP contribution in [0.3, 0.4) is 0 Å². The van der Waals surface area contributed by atoms with Crippen molar-refractivity contribution in [1.29, 1.82) is 0 Å². The minimum atomic E-state index is -3.96. The highest BCUT2D eigenvalue weighted by molar-refractivity contribution is 7.89. The lowest BCUT2D eigenvalue weighted by atomic mass is 10.3. The van der Waals surface area contributed by atoms with Gasteiger partial charge in [0.05, 0.1) is 12.6 Å². The fourth-order valence-electron chi connectivity index (χ4n) is 2.00. The predicted octanol–water partition coefficient (Wildman–Crippen LogP) is 1.95. The summed E-state index contributed by atoms with van der Waals surface area (Å²) in [5.74, 6) is -0.233. The van der Waals surface area contributed by atoms with Gasteiger partial charge in [0, 0.05) is 24.8 Å². The van der Waals surface area contributed by atoms with Gasteiger partial charge >= 0.3 is 0 Å². The number of halogens is 1. The average molecular weight is 393 g/mol. The van der Waals surface area contributed by atoms with Gasteiger partial charge < -0.3 is 14.8 Å². The number of ether oxygens (including phenoxy) is 2. The molecule has 0 heterocycles. The Morgan fingerprint density at radius 3 is 2.64 bits per heavy atom. The van der Waals surface area contributed by atoms with Gasteiger partial charge in [-0.1, -0.05) is 11.6 Å². The van der Waals surface area contributed by atoms with Crippen molar-refractivity contribution in [2.24, 2.45) is 0 Å². The van der Waals surface area contributed by atoms with E-state index in [4.69, 9.17) is 21.1 Å². The van der Waals surface area contributed by atoms with Crippen LogP contribution in [0.2, 0.25) is 5.02 Å². The summed E-state index contributed by atoms with van der Waals surface area (Å²) in [6.07, 6.45) is 0.655. The third-order valence-corrected chi connectivity index (χ3v) is 4.99. The fraction of sp³-hybridized carbons (Fsp3) is 0.562. The van der Waals surface area contributed by atoms with Crippen molar-refractivity contribution in [3.05, 3.63) is 23.2 Å². The van der Waals surface area contributed by atoms with E-state index in [2.05, 4.69) is 10.0 Å². The summed E-state index contributed by atoms with van der Waals surface area (Å²) in [7, 11) is -3.96. The molecule has 0 fully saturated rings. The van der Waals surface area contributed by atoms with Crippen molar-refractivity contribution in [3.8, 4) is 5.75 Å². The van der Waals surface area contributed by atoms with Crippen molar-refractivity contribution < 1.29 is 22.7 Å². The smallest absolute Gasteiger partial charge is 0.245 e. The number of carbonyl (C=O) groups excluding carboxylic acids is 1. The van der Waals surface area contributed by atoms with E-state index >= 15 is 0 Å². The molecule has 9 heteroatoms. The van der Waals surface area contributed by atoms with Crippen LogP contribution in [-0.2, 0) is 19.6 Å². The lowest BCUT2D eigenvalue weighted by Gasteiger charge is -2.16. The molecule has 2 N–H and O–H groups in total. The number of carbonyl (C=O) groups is 1. The molecule has 1 rings (SSSR count). The van der Waals surface area contributed by atoms with Crippen LogP contribution in [0, 0.1) is 0 Å². The maximum absolute atomic E-state index is 12.6. The molecule has 1 atom stereocenters. The molecule has 0 spiro atoms. The summed E-state index contributed by atoms with van der Waals surface area (Å²) >= 11 is 5.89. The van der Waals surface area contributed by atoms with E-state index in [1.807, 2.05) is 6.92 Å². The SMILES string of the molecule is CCOCCCNC(=O)C(C)NS(=O)(=O)c1cc(Cl)ccc1OCC. The zero-order valence-corrected chi connectivity index (χ0v) is 16.2. The standard InChI is InChI=1S/C16H25ClN2O5S/c1-4-23-10-6-9-18-16(20)12(3)19-25(21,22)15-11-13(17)7-8-14(15)24-5-2/h7-8,11-12,19H,4-6,9-10H2,1-3H3,(H,18,20). The minimum Gasteiger partial charge on any atom is -0.492 e. The number of sulfonamides is 1. The number of nitrogens with one attached hydrogen (secondary N) is 2. The van der Waals surface area contributed by atoms with Crippen molar-refractivity contribution in [3.63, 3.8) is 0 Å². The highest BCUT2D eigenvalue weighted by atomic mass is 35.5. The van der Waals surface area contributed by atoms with Crippen LogP contribution >= 0.6 is 11.6 Å². The molecule has 0 aliphatic heterocycles. The third kappa shape index (κ3) is 7.19. The number of hydrogen-bond acceptors (Lipinski definition) is 5. The summed E-state index contributed by atoms with van der Waals surface area (Å²) in [5, 5.41) is 2.92. The van der Waals surface area contributed by atoms with E-state index in [1.165, 1.54) is 19.1 Å². The molecule has 1 unspecified atom stereocenters. The number of rotatable bonds is 11. The highest BCUT2D eigenvalue weighted by Crippen LogP contribution is 2.27. The summed E-state index contributed by atoms with van der Waals surface area (Å²) in [4.78, 5) is 11.9. The lowest BCUT2D eigenvalue weighted by molar-refractivity contribution is -0.122. The number of amides is 1. The van der Waals surface area contributed by atoms with Gasteiger partial charge in [-0.15, -0.1) is 0 Å². The first-order valence-electron chi connectivity index (χ1n) is 8.12. The Labute approximate surface area is 154 Å². The van der Waals surface area contributed by atoms with Gasteiger partial charge in [0.2, 0.25) is 15.9 Å². The molecule has 0 saturated carbocycles. The fourth-order valence-corrected chi connectivity index (χ4v) is 3.61. The van der Waals surface area contributed by atoms with E-state index in [0.717, 1.165) is 0 Å². The zero-order chi connectivity index (χ0) is 18.9. The molecular weight excluding hydrogens is 368 g/mol. The van der Waals surface area contributed by atoms with Gasteiger partial charge in [-0.2, -0.15) is 4.72 Å². The van der Waals surface area contributed by atoms with E-state index in [1.54, 1.807) is 13.0 Å². The summed E-state index contributed by atoms with van der Waals surface area (Å²) in [6, 6.07) is 3.38. The Bertz CT molecular complexity index is 666. The van der Waals surface area contributed by atoms with Crippen LogP contribution in [-0.4, -0.2) is 46.7 Å². The van der Waals surface area contributed by atoms with Crippen LogP contribution < -0.4 is 14.8 Å². The van der Waals surface area contributed by atoms with Crippen LogP contribution in [0.15, 0.2) is 23.1 Å². The maximum atomic E-state index is 12.6. The second-order valence-electron chi connectivity index (χ2n) is 5.21. The van der Waals surface area contributed by atoms with Crippen LogP contribution in [0.5, 0.6) is 5.75 Å². The van der Waals surface area contributed by atoms with Gasteiger partial charge in [-0.3, -0.25) is 4.79 Å². The van der Waals surface area contributed by atoms with Crippen molar-refractivity contribution in [1.82, 2.24) is 10.0 Å². The molecule has 25 heavy (non-hydrogen) atoms. The first-order valence-corrected chi connectivity index (χ1v) is 9.98. The summed E-state index contributed by atoms with van der Waals surface area (Å²) in [6.45, 7) is 6.98. The Morgan fingerprint density at radius 1 is 1.28 bits per heavy atom. The quantitative estimate of drug-likeness (QED) is 0.561. The van der Waals surface area contributed by atoms with Gasteiger partial charge in [0.15, 0.2) is 0 Å². The molecule has 142 valence electrons. The molecule has 7 nitrogen and oxygen atoms in total. The van der Waals surface area contributed by atoms with Crippen LogP contribution in [0.1, 0.15) is 27.2 Å². The van der Waals surface area contributed by atoms with Gasteiger partial charge in [0.25, 0.3) is 0 Å². The highest BCUT2D eigenvalue weighted by Gasteiger charge is 2.25. The van der Waals surface area contributed by atoms with Gasteiger partial charge in [-0.05, 0) is 45.4 Å². The van der Waals surface area contributed by atoms with Crippen molar-refractivity contribution in [2.45, 2.75) is 38.1 Å². The Morgan fingerprint density at radius 2 is 2.00 bits per heavy atom. The predicted molar refractivity (Wildman–Crippen MR) is 96.5 cm³/mol. The van der Waals surface area contributed by atoms with Gasteiger partial charge in [-0.25, -0.2) is 8.42 Å². The van der Waals surface area contributed by atoms with E-state index in [-0.39, 0.29) is 15.7 Å². The molecule has 0 bridgehead atoms. The topological polar surface area (TPSA) is 93.7 Å². The summed E-state index contributed by atoms with van der Waals surface area (Å²) < 4.78 is 38.0. The number of benzene rings is 1. The number of hydrogen-bond donors (Lipinski definition) is 2. The van der Waals surface area contributed by atoms with Crippen molar-refractivity contribution in [2.75, 3.05) is 26.4 Å². The molecular formula is C16H25ClN2O5S. The molecule has 1 amide bonds. The second-order valence-corrected chi connectivity index (χ2v) is 7.33. The average Bonchev–Trinajstić information content (AvgIpc) is 2.55. The second kappa shape index (κ2) is 10.6. The molecule has 0 aliphatic rings. The molecule has 0 saturated heterocycles. The Hall–Kier alpha value is -1.35. The van der Waals surface area contributed by atoms with Crippen molar-refractivity contribution >= 4 is 27.5 Å². The largest absolute Gasteiger partial charge is 0.492 e. The third-order valence-electron chi connectivity index (χ3n) is 3.19. The normalized spacial score (nSPS) is 12.6. The minimum absolute atomic E-state index is 0.0992. The van der Waals surface area contributed by atoms with Gasteiger partial charge in [0.1, 0.15) is 10.6 Å². The van der Waals surface area contributed by atoms with Crippen LogP contribution in [0.25, 0.3) is 0 Å². The molecule has 1 aromatic rings. The first kappa shape index (κ1) is 21.7. The Kier molecular flexibility index (Phi) is 9.20. The van der Waals surface area contributed by atoms with E-state index in [0.29, 0.717) is 32.8 Å². The van der Waals surface area contributed by atoms with E-state index < -0.39 is 22.0 Å².